The van der Waals surface area contributed by atoms with Crippen LogP contribution in [-0.2, 0) is 9.47 Å². The molecule has 17 heavy (non-hydrogen) atoms. The van der Waals surface area contributed by atoms with Crippen LogP contribution in [0.3, 0.4) is 0 Å². The molecule has 3 nitrogen and oxygen atoms in total. The summed E-state index contributed by atoms with van der Waals surface area (Å²) in [5.74, 6) is -0.329. The molecule has 3 heteroatoms. The van der Waals surface area contributed by atoms with Gasteiger partial charge in [-0.1, -0.05) is 30.3 Å². The summed E-state index contributed by atoms with van der Waals surface area (Å²) < 4.78 is 12.2. The van der Waals surface area contributed by atoms with Crippen LogP contribution in [0.1, 0.15) is 30.9 Å². The molecule has 2 atom stereocenters. The van der Waals surface area contributed by atoms with Gasteiger partial charge in [0.05, 0.1) is 6.61 Å². The van der Waals surface area contributed by atoms with Crippen molar-refractivity contribution in [2.75, 3.05) is 19.7 Å². The third-order valence-corrected chi connectivity index (χ3v) is 3.62. The van der Waals surface area contributed by atoms with E-state index in [0.29, 0.717) is 6.61 Å². The monoisotopic (exact) mass is 233 g/mol. The lowest BCUT2D eigenvalue weighted by molar-refractivity contribution is -0.174. The van der Waals surface area contributed by atoms with Crippen molar-refractivity contribution in [3.63, 3.8) is 0 Å². The zero-order valence-corrected chi connectivity index (χ0v) is 10.0. The quantitative estimate of drug-likeness (QED) is 0.807. The highest BCUT2D eigenvalue weighted by molar-refractivity contribution is 5.18. The predicted octanol–water partition coefficient (Wildman–Crippen LogP) is 2.24. The lowest BCUT2D eigenvalue weighted by Crippen LogP contribution is -2.31. The van der Waals surface area contributed by atoms with Crippen LogP contribution >= 0.6 is 0 Å². The molecule has 2 fully saturated rings. The number of benzene rings is 1. The number of rotatable bonds is 1. The summed E-state index contributed by atoms with van der Waals surface area (Å²) in [5, 5.41) is 3.39. The lowest BCUT2D eigenvalue weighted by atomic mass is 10.1. The summed E-state index contributed by atoms with van der Waals surface area (Å²) in [6, 6.07) is 10.4. The van der Waals surface area contributed by atoms with Crippen molar-refractivity contribution in [1.82, 2.24) is 5.32 Å². The molecule has 3 rings (SSSR count). The molecule has 0 bridgehead atoms. The summed E-state index contributed by atoms with van der Waals surface area (Å²) in [6.07, 6.45) is 3.19. The van der Waals surface area contributed by atoms with Crippen LogP contribution in [0, 0.1) is 0 Å². The van der Waals surface area contributed by atoms with Gasteiger partial charge >= 0.3 is 0 Å². The van der Waals surface area contributed by atoms with Crippen molar-refractivity contribution >= 4 is 0 Å². The Hall–Kier alpha value is -0.900. The van der Waals surface area contributed by atoms with Gasteiger partial charge in [-0.25, -0.2) is 0 Å². The topological polar surface area (TPSA) is 30.5 Å². The van der Waals surface area contributed by atoms with E-state index in [1.807, 2.05) is 6.07 Å². The fourth-order valence-electron chi connectivity index (χ4n) is 2.66. The summed E-state index contributed by atoms with van der Waals surface area (Å²) in [6.45, 7) is 2.75. The van der Waals surface area contributed by atoms with Crippen LogP contribution in [0.15, 0.2) is 30.3 Å². The Bertz CT molecular complexity index is 358. The molecule has 2 saturated heterocycles. The zero-order chi connectivity index (χ0) is 11.6. The highest BCUT2D eigenvalue weighted by atomic mass is 16.7. The number of hydrogen-bond donors (Lipinski definition) is 1. The largest absolute Gasteiger partial charge is 0.347 e. The Balaban J connectivity index is 1.72. The average molecular weight is 233 g/mol. The molecule has 1 aromatic rings. The molecule has 0 aliphatic carbocycles. The van der Waals surface area contributed by atoms with Gasteiger partial charge in [-0.05, 0) is 18.5 Å². The van der Waals surface area contributed by atoms with Gasteiger partial charge in [0.2, 0.25) is 0 Å². The molecular formula is C14H19NO2. The maximum Gasteiger partial charge on any atom is 0.170 e. The zero-order valence-electron chi connectivity index (χ0n) is 10.0. The Morgan fingerprint density at radius 3 is 2.88 bits per heavy atom. The van der Waals surface area contributed by atoms with Crippen molar-refractivity contribution in [3.8, 4) is 0 Å². The van der Waals surface area contributed by atoms with E-state index in [0.717, 1.165) is 32.4 Å². The Morgan fingerprint density at radius 2 is 2.00 bits per heavy atom. The third-order valence-electron chi connectivity index (χ3n) is 3.62. The number of hydrogen-bond acceptors (Lipinski definition) is 3. The van der Waals surface area contributed by atoms with E-state index in [1.54, 1.807) is 0 Å². The molecule has 1 spiro atoms. The molecular weight excluding hydrogens is 214 g/mol. The minimum absolute atomic E-state index is 0.106. The Labute approximate surface area is 102 Å². The minimum Gasteiger partial charge on any atom is -0.347 e. The van der Waals surface area contributed by atoms with Crippen LogP contribution < -0.4 is 5.32 Å². The van der Waals surface area contributed by atoms with E-state index in [1.165, 1.54) is 5.56 Å². The van der Waals surface area contributed by atoms with Gasteiger partial charge in [0.15, 0.2) is 5.79 Å². The van der Waals surface area contributed by atoms with Crippen LogP contribution in [-0.4, -0.2) is 25.5 Å². The van der Waals surface area contributed by atoms with Crippen molar-refractivity contribution in [2.45, 2.75) is 31.2 Å². The fourth-order valence-corrected chi connectivity index (χ4v) is 2.66. The van der Waals surface area contributed by atoms with Gasteiger partial charge in [-0.15, -0.1) is 0 Å². The maximum atomic E-state index is 6.19. The van der Waals surface area contributed by atoms with Crippen molar-refractivity contribution in [2.24, 2.45) is 0 Å². The highest BCUT2D eigenvalue weighted by Crippen LogP contribution is 2.38. The molecule has 1 aromatic carbocycles. The van der Waals surface area contributed by atoms with Gasteiger partial charge in [0.25, 0.3) is 0 Å². The number of nitrogens with one attached hydrogen (secondary N) is 1. The van der Waals surface area contributed by atoms with E-state index in [-0.39, 0.29) is 11.9 Å². The van der Waals surface area contributed by atoms with Crippen LogP contribution in [0.5, 0.6) is 0 Å². The molecule has 2 heterocycles. The first-order valence-electron chi connectivity index (χ1n) is 6.45. The first-order valence-corrected chi connectivity index (χ1v) is 6.45. The standard InChI is InChI=1S/C14H19NO2/c1-2-5-12(6-3-1)13-11-16-14(17-13)7-4-9-15-10-8-14/h1-3,5-6,13,15H,4,7-11H2. The summed E-state index contributed by atoms with van der Waals surface area (Å²) in [5.41, 5.74) is 1.22. The second-order valence-electron chi connectivity index (χ2n) is 4.84. The second-order valence-corrected chi connectivity index (χ2v) is 4.84. The van der Waals surface area contributed by atoms with Gasteiger partial charge in [-0.2, -0.15) is 0 Å². The van der Waals surface area contributed by atoms with E-state index in [2.05, 4.69) is 29.6 Å². The highest BCUT2D eigenvalue weighted by Gasteiger charge is 2.41. The van der Waals surface area contributed by atoms with E-state index >= 15 is 0 Å². The molecule has 0 aromatic heterocycles. The average Bonchev–Trinajstić information content (AvgIpc) is 2.65. The summed E-state index contributed by atoms with van der Waals surface area (Å²) in [7, 11) is 0. The van der Waals surface area contributed by atoms with Crippen LogP contribution in [0.4, 0.5) is 0 Å². The molecule has 2 aliphatic heterocycles. The molecule has 1 N–H and O–H groups in total. The van der Waals surface area contributed by atoms with Gasteiger partial charge in [0.1, 0.15) is 6.10 Å². The van der Waals surface area contributed by atoms with E-state index in [9.17, 15) is 0 Å². The van der Waals surface area contributed by atoms with E-state index < -0.39 is 0 Å². The van der Waals surface area contributed by atoms with Gasteiger partial charge < -0.3 is 14.8 Å². The molecule has 2 unspecified atom stereocenters. The number of ether oxygens (including phenoxy) is 2. The van der Waals surface area contributed by atoms with Crippen molar-refractivity contribution < 1.29 is 9.47 Å². The first kappa shape index (κ1) is 11.2. The van der Waals surface area contributed by atoms with E-state index in [4.69, 9.17) is 9.47 Å². The smallest absolute Gasteiger partial charge is 0.170 e. The lowest BCUT2D eigenvalue weighted by Gasteiger charge is -2.26. The molecule has 2 aliphatic rings. The van der Waals surface area contributed by atoms with Crippen molar-refractivity contribution in [1.29, 1.82) is 0 Å². The summed E-state index contributed by atoms with van der Waals surface area (Å²) in [4.78, 5) is 0. The van der Waals surface area contributed by atoms with Gasteiger partial charge in [0, 0.05) is 19.4 Å². The Kier molecular flexibility index (Phi) is 3.14. The fraction of sp³-hybridized carbons (Fsp3) is 0.571. The van der Waals surface area contributed by atoms with Crippen molar-refractivity contribution in [3.05, 3.63) is 35.9 Å². The first-order chi connectivity index (χ1) is 8.38. The molecule has 0 radical (unpaired) electrons. The van der Waals surface area contributed by atoms with Gasteiger partial charge in [-0.3, -0.25) is 0 Å². The third kappa shape index (κ3) is 2.37. The molecule has 0 amide bonds. The SMILES string of the molecule is c1ccc(C2COC3(CCCNCC3)O2)cc1. The molecule has 0 saturated carbocycles. The maximum absolute atomic E-state index is 6.19. The molecule has 92 valence electrons. The van der Waals surface area contributed by atoms with Crippen LogP contribution in [0.25, 0.3) is 0 Å². The Morgan fingerprint density at radius 1 is 1.12 bits per heavy atom. The second kappa shape index (κ2) is 4.77. The summed E-state index contributed by atoms with van der Waals surface area (Å²) >= 11 is 0. The van der Waals surface area contributed by atoms with Crippen LogP contribution in [0.2, 0.25) is 0 Å². The normalized spacial score (nSPS) is 33.8. The minimum atomic E-state index is -0.329. The predicted molar refractivity (Wildman–Crippen MR) is 65.7 cm³/mol.